The van der Waals surface area contributed by atoms with Crippen molar-refractivity contribution >= 4 is 0 Å². The number of hydrogen-bond donors (Lipinski definition) is 0. The van der Waals surface area contributed by atoms with Crippen LogP contribution in [0.2, 0.25) is 0 Å². The molecule has 0 heterocycles. The highest BCUT2D eigenvalue weighted by molar-refractivity contribution is 5.29. The molecule has 1 saturated carbocycles. The summed E-state index contributed by atoms with van der Waals surface area (Å²) in [5.74, 6) is -0.208. The quantitative estimate of drug-likeness (QED) is 0.563. The average Bonchev–Trinajstić information content (AvgIpc) is 2.49. The van der Waals surface area contributed by atoms with Crippen molar-refractivity contribution in [3.63, 3.8) is 0 Å². The zero-order chi connectivity index (χ0) is 15.9. The van der Waals surface area contributed by atoms with Gasteiger partial charge >= 0.3 is 0 Å². The average molecular weight is 308 g/mol. The monoisotopic (exact) mass is 308 g/mol. The van der Waals surface area contributed by atoms with Crippen LogP contribution in [-0.2, 0) is 6.42 Å². The molecule has 1 aromatic carbocycles. The summed E-state index contributed by atoms with van der Waals surface area (Å²) in [6.45, 7) is 4.23. The van der Waals surface area contributed by atoms with Crippen molar-refractivity contribution in [3.8, 4) is 0 Å². The number of benzene rings is 1. The fourth-order valence-corrected chi connectivity index (χ4v) is 3.94. The van der Waals surface area contributed by atoms with Crippen molar-refractivity contribution in [2.45, 2.75) is 84.0 Å². The minimum Gasteiger partial charge on any atom is -0.203 e. The molecule has 0 saturated heterocycles. The SMILES string of the molecule is CCCc1ccc(C2CCCCC(CCC)CC2)c(F)c1F. The minimum absolute atomic E-state index is 0.199. The van der Waals surface area contributed by atoms with Crippen LogP contribution in [0.5, 0.6) is 0 Å². The predicted octanol–water partition coefficient (Wildman–Crippen LogP) is 6.77. The maximum Gasteiger partial charge on any atom is 0.162 e. The molecule has 0 aliphatic heterocycles. The molecule has 0 aromatic heterocycles. The molecule has 2 rings (SSSR count). The lowest BCUT2D eigenvalue weighted by molar-refractivity contribution is 0.331. The van der Waals surface area contributed by atoms with Crippen LogP contribution in [0.25, 0.3) is 0 Å². The number of rotatable bonds is 5. The zero-order valence-corrected chi connectivity index (χ0v) is 14.1. The van der Waals surface area contributed by atoms with Crippen LogP contribution >= 0.6 is 0 Å². The molecule has 1 fully saturated rings. The van der Waals surface area contributed by atoms with Crippen LogP contribution in [0.4, 0.5) is 8.78 Å². The number of hydrogen-bond acceptors (Lipinski definition) is 0. The molecule has 22 heavy (non-hydrogen) atoms. The third-order valence-electron chi connectivity index (χ3n) is 5.19. The van der Waals surface area contributed by atoms with Crippen molar-refractivity contribution in [1.29, 1.82) is 0 Å². The molecule has 0 nitrogen and oxygen atoms in total. The Bertz CT molecular complexity index is 467. The van der Waals surface area contributed by atoms with Gasteiger partial charge in [-0.25, -0.2) is 8.78 Å². The summed E-state index contributed by atoms with van der Waals surface area (Å²) in [5.41, 5.74) is 1.15. The first-order valence-electron chi connectivity index (χ1n) is 9.14. The van der Waals surface area contributed by atoms with Gasteiger partial charge in [0.15, 0.2) is 11.6 Å². The van der Waals surface area contributed by atoms with Gasteiger partial charge in [0, 0.05) is 0 Å². The normalized spacial score (nSPS) is 23.1. The van der Waals surface area contributed by atoms with Crippen LogP contribution in [-0.4, -0.2) is 0 Å². The van der Waals surface area contributed by atoms with Gasteiger partial charge in [-0.3, -0.25) is 0 Å². The molecule has 0 bridgehead atoms. The molecule has 1 aliphatic rings. The summed E-state index contributed by atoms with van der Waals surface area (Å²) < 4.78 is 28.7. The summed E-state index contributed by atoms with van der Waals surface area (Å²) in [4.78, 5) is 0. The first kappa shape index (κ1) is 17.4. The van der Waals surface area contributed by atoms with E-state index in [1.165, 1.54) is 25.7 Å². The topological polar surface area (TPSA) is 0 Å². The summed E-state index contributed by atoms with van der Waals surface area (Å²) in [7, 11) is 0. The van der Waals surface area contributed by atoms with E-state index in [0.29, 0.717) is 17.5 Å². The maximum atomic E-state index is 14.5. The highest BCUT2D eigenvalue weighted by Gasteiger charge is 2.23. The van der Waals surface area contributed by atoms with Gasteiger partial charge in [0.25, 0.3) is 0 Å². The number of aryl methyl sites for hydroxylation is 1. The molecular weight excluding hydrogens is 278 g/mol. The Morgan fingerprint density at radius 2 is 1.68 bits per heavy atom. The Morgan fingerprint density at radius 3 is 2.41 bits per heavy atom. The van der Waals surface area contributed by atoms with E-state index >= 15 is 0 Å². The lowest BCUT2D eigenvalue weighted by Crippen LogP contribution is -2.11. The number of halogens is 2. The fraction of sp³-hybridized carbons (Fsp3) is 0.700. The van der Waals surface area contributed by atoms with E-state index in [4.69, 9.17) is 0 Å². The van der Waals surface area contributed by atoms with E-state index in [9.17, 15) is 8.78 Å². The standard InChI is InChI=1S/C20H30F2/c1-3-7-15-9-5-6-10-16(12-11-15)18-14-13-17(8-4-2)19(21)20(18)22/h13-16H,3-12H2,1-2H3. The first-order chi connectivity index (χ1) is 10.7. The van der Waals surface area contributed by atoms with E-state index in [0.717, 1.165) is 38.0 Å². The predicted molar refractivity (Wildman–Crippen MR) is 89.2 cm³/mol. The Kier molecular flexibility index (Phi) is 6.85. The van der Waals surface area contributed by atoms with E-state index in [-0.39, 0.29) is 5.92 Å². The van der Waals surface area contributed by atoms with Gasteiger partial charge < -0.3 is 0 Å². The molecular formula is C20H30F2. The van der Waals surface area contributed by atoms with E-state index in [2.05, 4.69) is 6.92 Å². The molecule has 0 N–H and O–H groups in total. The molecule has 2 unspecified atom stereocenters. The van der Waals surface area contributed by atoms with Gasteiger partial charge in [0.2, 0.25) is 0 Å². The molecule has 124 valence electrons. The van der Waals surface area contributed by atoms with E-state index in [1.54, 1.807) is 6.07 Å². The third-order valence-corrected chi connectivity index (χ3v) is 5.19. The van der Waals surface area contributed by atoms with Gasteiger partial charge in [0.05, 0.1) is 0 Å². The second-order valence-corrected chi connectivity index (χ2v) is 6.91. The Morgan fingerprint density at radius 1 is 0.909 bits per heavy atom. The second-order valence-electron chi connectivity index (χ2n) is 6.91. The third kappa shape index (κ3) is 4.30. The molecule has 1 aromatic rings. The maximum absolute atomic E-state index is 14.5. The van der Waals surface area contributed by atoms with Crippen molar-refractivity contribution in [2.24, 2.45) is 5.92 Å². The Labute approximate surface area is 134 Å². The van der Waals surface area contributed by atoms with Crippen molar-refractivity contribution in [2.75, 3.05) is 0 Å². The molecule has 0 amide bonds. The smallest absolute Gasteiger partial charge is 0.162 e. The molecule has 0 radical (unpaired) electrons. The minimum atomic E-state index is -0.605. The lowest BCUT2D eigenvalue weighted by atomic mass is 9.80. The van der Waals surface area contributed by atoms with Crippen molar-refractivity contribution < 1.29 is 8.78 Å². The van der Waals surface area contributed by atoms with Crippen molar-refractivity contribution in [3.05, 3.63) is 34.9 Å². The van der Waals surface area contributed by atoms with Gasteiger partial charge in [0.1, 0.15) is 0 Å². The summed E-state index contributed by atoms with van der Waals surface area (Å²) >= 11 is 0. The van der Waals surface area contributed by atoms with E-state index in [1.807, 2.05) is 13.0 Å². The van der Waals surface area contributed by atoms with Crippen LogP contribution in [0.3, 0.4) is 0 Å². The van der Waals surface area contributed by atoms with Crippen LogP contribution in [0, 0.1) is 17.6 Å². The molecule has 1 aliphatic carbocycles. The fourth-order valence-electron chi connectivity index (χ4n) is 3.94. The van der Waals surface area contributed by atoms with Gasteiger partial charge in [-0.1, -0.05) is 64.5 Å². The van der Waals surface area contributed by atoms with Gasteiger partial charge in [-0.2, -0.15) is 0 Å². The zero-order valence-electron chi connectivity index (χ0n) is 14.1. The Hall–Kier alpha value is -0.920. The second kappa shape index (κ2) is 8.64. The van der Waals surface area contributed by atoms with Crippen molar-refractivity contribution in [1.82, 2.24) is 0 Å². The first-order valence-corrected chi connectivity index (χ1v) is 9.14. The Balaban J connectivity index is 2.13. The summed E-state index contributed by atoms with van der Waals surface area (Å²) in [5, 5.41) is 0. The van der Waals surface area contributed by atoms with Crippen LogP contribution in [0.1, 0.15) is 88.7 Å². The van der Waals surface area contributed by atoms with E-state index < -0.39 is 11.6 Å². The molecule has 0 spiro atoms. The molecule has 2 heteroatoms. The molecule has 2 atom stereocenters. The van der Waals surface area contributed by atoms with Gasteiger partial charge in [-0.05, 0) is 48.6 Å². The highest BCUT2D eigenvalue weighted by atomic mass is 19.2. The van der Waals surface area contributed by atoms with Gasteiger partial charge in [-0.15, -0.1) is 0 Å². The largest absolute Gasteiger partial charge is 0.203 e. The lowest BCUT2D eigenvalue weighted by Gasteiger charge is -2.25. The highest BCUT2D eigenvalue weighted by Crippen LogP contribution is 2.36. The summed E-state index contributed by atoms with van der Waals surface area (Å²) in [6.07, 6.45) is 10.8. The summed E-state index contributed by atoms with van der Waals surface area (Å²) in [6, 6.07) is 3.66. The van der Waals surface area contributed by atoms with Crippen LogP contribution < -0.4 is 0 Å². The van der Waals surface area contributed by atoms with Crippen LogP contribution in [0.15, 0.2) is 12.1 Å².